The van der Waals surface area contributed by atoms with Crippen molar-refractivity contribution in [1.29, 1.82) is 0 Å². The Morgan fingerprint density at radius 1 is 0.226 bits per heavy atom. The molecule has 3 nitrogen and oxygen atoms in total. The van der Waals surface area contributed by atoms with E-state index in [1.54, 1.807) is 0 Å². The monoisotopic (exact) mass is 772 g/mol. The van der Waals surface area contributed by atoms with E-state index < -0.39 is 0 Å². The molecule has 3 heterocycles. The lowest BCUT2D eigenvalue weighted by Gasteiger charge is -2.25. The first-order valence-electron chi connectivity index (χ1n) is 21.5. The third-order valence-electron chi connectivity index (χ3n) is 11.3. The molecule has 0 bridgehead atoms. The molecule has 0 aromatic carbocycles. The van der Waals surface area contributed by atoms with Gasteiger partial charge in [0.05, 0.1) is 0 Å². The van der Waals surface area contributed by atoms with Crippen molar-refractivity contribution in [3.8, 4) is 0 Å². The van der Waals surface area contributed by atoms with Crippen molar-refractivity contribution in [2.45, 2.75) is 282 Å². The summed E-state index contributed by atoms with van der Waals surface area (Å²) in [5.74, 6) is 5.19. The molecular formula is C50H129N3. The second-order valence-electron chi connectivity index (χ2n) is 12.1. The van der Waals surface area contributed by atoms with Crippen LogP contribution in [0.4, 0.5) is 0 Å². The van der Waals surface area contributed by atoms with E-state index in [-0.39, 0.29) is 44.6 Å². The van der Waals surface area contributed by atoms with E-state index in [4.69, 9.17) is 0 Å². The van der Waals surface area contributed by atoms with E-state index in [0.29, 0.717) is 0 Å². The summed E-state index contributed by atoms with van der Waals surface area (Å²) in [6.45, 7) is 66.8. The Hall–Kier alpha value is -0.120. The smallest absolute Gasteiger partial charge is 0.00984 e. The number of likely N-dealkylation sites (tertiary alicyclic amines) is 3. The number of hydrogen-bond donors (Lipinski definition) is 0. The second kappa shape index (κ2) is 58.6. The molecule has 0 radical (unpaired) electrons. The predicted molar refractivity (Wildman–Crippen MR) is 269 cm³/mol. The number of nitrogens with zero attached hydrogens (tertiary/aromatic N) is 3. The number of rotatable bonds is 3. The van der Waals surface area contributed by atoms with E-state index in [1.807, 2.05) is 96.9 Å². The highest BCUT2D eigenvalue weighted by atomic mass is 15.2. The molecule has 344 valence electrons. The highest BCUT2D eigenvalue weighted by Gasteiger charge is 2.39. The first kappa shape index (κ1) is 89.5. The van der Waals surface area contributed by atoms with Crippen LogP contribution in [0.15, 0.2) is 0 Å². The fourth-order valence-corrected chi connectivity index (χ4v) is 7.29. The van der Waals surface area contributed by atoms with Gasteiger partial charge in [-0.1, -0.05) is 204 Å². The molecule has 0 aliphatic carbocycles. The maximum absolute atomic E-state index is 2.61. The van der Waals surface area contributed by atoms with Gasteiger partial charge in [-0.3, -0.25) is 14.7 Å². The zero-order valence-corrected chi connectivity index (χ0v) is 39.4. The molecule has 3 aliphatic heterocycles. The van der Waals surface area contributed by atoms with E-state index in [2.05, 4.69) is 119 Å². The predicted octanol–water partition coefficient (Wildman–Crippen LogP) is 18.1. The fraction of sp³-hybridized carbons (Fsp3) is 1.00. The maximum Gasteiger partial charge on any atom is 0.00984 e. The van der Waals surface area contributed by atoms with Crippen LogP contribution in [0, 0.1) is 35.5 Å². The van der Waals surface area contributed by atoms with Crippen LogP contribution in [-0.2, 0) is 0 Å². The third-order valence-corrected chi connectivity index (χ3v) is 11.3. The van der Waals surface area contributed by atoms with Gasteiger partial charge in [0.2, 0.25) is 0 Å². The zero-order chi connectivity index (χ0) is 39.8. The first-order valence-corrected chi connectivity index (χ1v) is 21.5. The van der Waals surface area contributed by atoms with Crippen molar-refractivity contribution in [2.24, 2.45) is 35.5 Å². The molecule has 3 rings (SSSR count). The van der Waals surface area contributed by atoms with Crippen molar-refractivity contribution >= 4 is 0 Å². The maximum atomic E-state index is 2.61. The summed E-state index contributed by atoms with van der Waals surface area (Å²) in [5, 5.41) is 0. The van der Waals surface area contributed by atoms with E-state index in [0.717, 1.165) is 71.8 Å². The molecule has 12 atom stereocenters. The summed E-state index contributed by atoms with van der Waals surface area (Å²) in [7, 11) is 0. The minimum Gasteiger partial charge on any atom is -0.298 e. The van der Waals surface area contributed by atoms with Gasteiger partial charge in [-0.15, -0.1) is 0 Å². The average molecular weight is 773 g/mol. The Bertz CT molecular complexity index is 435. The van der Waals surface area contributed by atoms with Gasteiger partial charge in [0.25, 0.3) is 0 Å². The molecule has 0 unspecified atom stereocenters. The molecule has 0 aromatic rings. The molecule has 3 saturated heterocycles. The Morgan fingerprint density at radius 3 is 0.340 bits per heavy atom. The lowest BCUT2D eigenvalue weighted by atomic mass is 9.92. The van der Waals surface area contributed by atoms with Crippen molar-refractivity contribution in [3.63, 3.8) is 0 Å². The Labute approximate surface area is 350 Å². The van der Waals surface area contributed by atoms with Crippen LogP contribution in [0.1, 0.15) is 245 Å². The van der Waals surface area contributed by atoms with Gasteiger partial charge in [0.1, 0.15) is 0 Å². The van der Waals surface area contributed by atoms with Gasteiger partial charge in [0.15, 0.2) is 0 Å². The van der Waals surface area contributed by atoms with Crippen LogP contribution in [0.3, 0.4) is 0 Å². The SMILES string of the molecule is C.C.C.C.C.C.CC.CC.CC.CC.CC.CC.CC.CCN1[C@H](C)[C@H](C)[C@H](C)[C@@H]1C.CCN1[C@H](C)[C@H](C)[C@H](C)[C@@H]1C.CCN1[C@H](C)[C@H](C)[C@H](C)[C@@H]1C. The van der Waals surface area contributed by atoms with Crippen LogP contribution in [0.25, 0.3) is 0 Å². The van der Waals surface area contributed by atoms with E-state index in [9.17, 15) is 0 Å². The Morgan fingerprint density at radius 2 is 0.302 bits per heavy atom. The molecule has 3 fully saturated rings. The molecule has 0 saturated carbocycles. The van der Waals surface area contributed by atoms with E-state index in [1.165, 1.54) is 19.6 Å². The fourth-order valence-electron chi connectivity index (χ4n) is 7.29. The molecule has 53 heavy (non-hydrogen) atoms. The van der Waals surface area contributed by atoms with Crippen molar-refractivity contribution < 1.29 is 0 Å². The highest BCUT2D eigenvalue weighted by Crippen LogP contribution is 2.35. The normalized spacial score (nSPS) is 29.8. The van der Waals surface area contributed by atoms with Gasteiger partial charge in [0, 0.05) is 36.3 Å². The Kier molecular flexibility index (Phi) is 98.9. The van der Waals surface area contributed by atoms with Crippen LogP contribution < -0.4 is 0 Å². The average Bonchev–Trinajstić information content (AvgIpc) is 3.55. The van der Waals surface area contributed by atoms with Gasteiger partial charge in [-0.25, -0.2) is 0 Å². The molecule has 3 aliphatic rings. The molecule has 0 aromatic heterocycles. The molecule has 0 N–H and O–H groups in total. The molecular weight excluding hydrogens is 643 g/mol. The van der Waals surface area contributed by atoms with Crippen molar-refractivity contribution in [1.82, 2.24) is 14.7 Å². The summed E-state index contributed by atoms with van der Waals surface area (Å²) >= 11 is 0. The zero-order valence-electron chi connectivity index (χ0n) is 39.4. The Balaban J connectivity index is -0.0000000336. The third kappa shape index (κ3) is 29.7. The van der Waals surface area contributed by atoms with Crippen molar-refractivity contribution in [2.75, 3.05) is 19.6 Å². The quantitative estimate of drug-likeness (QED) is 0.283. The second-order valence-corrected chi connectivity index (χ2v) is 12.1. The summed E-state index contributed by atoms with van der Waals surface area (Å²) in [5.41, 5.74) is 0. The van der Waals surface area contributed by atoms with Crippen LogP contribution in [-0.4, -0.2) is 70.6 Å². The first-order chi connectivity index (χ1) is 22.3. The summed E-state index contributed by atoms with van der Waals surface area (Å²) in [4.78, 5) is 7.82. The minimum absolute atomic E-state index is 0. The summed E-state index contributed by atoms with van der Waals surface area (Å²) in [6, 6.07) is 4.69. The molecule has 0 amide bonds. The molecule has 3 heteroatoms. The van der Waals surface area contributed by atoms with Crippen LogP contribution >= 0.6 is 0 Å². The minimum atomic E-state index is 0. The standard InChI is InChI=1S/3C10H21N.7C2H6.6CH4/c3*1-6-11-9(4)7(2)8(3)10(11)5;7*1-2;;;;;;/h3*7-10H,6H2,1-5H3;7*1-2H3;6*1H4/t3*7-,8+,9-,10+;;;;;;;;;;;;;. The van der Waals surface area contributed by atoms with Crippen LogP contribution in [0.2, 0.25) is 0 Å². The van der Waals surface area contributed by atoms with E-state index >= 15 is 0 Å². The molecule has 0 spiro atoms. The topological polar surface area (TPSA) is 9.72 Å². The van der Waals surface area contributed by atoms with Gasteiger partial charge in [-0.05, 0) is 96.7 Å². The largest absolute Gasteiger partial charge is 0.298 e. The van der Waals surface area contributed by atoms with Crippen molar-refractivity contribution in [3.05, 3.63) is 0 Å². The number of hydrogen-bond acceptors (Lipinski definition) is 3. The highest BCUT2D eigenvalue weighted by molar-refractivity contribution is 4.93. The van der Waals surface area contributed by atoms with Gasteiger partial charge < -0.3 is 0 Å². The van der Waals surface area contributed by atoms with Crippen LogP contribution in [0.5, 0.6) is 0 Å². The van der Waals surface area contributed by atoms with Gasteiger partial charge in [-0.2, -0.15) is 0 Å². The van der Waals surface area contributed by atoms with Gasteiger partial charge >= 0.3 is 0 Å². The lowest BCUT2D eigenvalue weighted by molar-refractivity contribution is 0.209. The summed E-state index contributed by atoms with van der Waals surface area (Å²) < 4.78 is 0. The lowest BCUT2D eigenvalue weighted by Crippen LogP contribution is -2.34. The summed E-state index contributed by atoms with van der Waals surface area (Å²) in [6.07, 6.45) is 0.